The molecule has 212 valence electrons. The Morgan fingerprint density at radius 2 is 1.90 bits per heavy atom. The molecule has 3 aromatic heterocycles. The average molecular weight is 549 g/mol. The van der Waals surface area contributed by atoms with E-state index in [0.29, 0.717) is 28.4 Å². The quantitative estimate of drug-likeness (QED) is 0.378. The molecule has 1 aliphatic carbocycles. The zero-order valence-electron chi connectivity index (χ0n) is 23.1. The normalized spacial score (nSPS) is 21.1. The standard InChI is InChI=1S/C30H37FN6O3/c1-30(2,39)28(31)18-34-29(38)24-17-33-26(27-8-7-23-13-19(15-32)16-35-37(23)27)14-25(24)36-22-5-3-20(4-6-22)21-9-11-40-12-10-21/h7-8,13-14,16-17,20-22,28,39H,3-6,9-12,18H2,1-2H3,(H,33,36)(H,34,38)/t20-,22-,28-/m1/s1. The first-order valence-corrected chi connectivity index (χ1v) is 14.1. The number of hydrogen-bond donors (Lipinski definition) is 3. The van der Waals surface area contributed by atoms with Crippen molar-refractivity contribution in [1.29, 1.82) is 5.26 Å². The lowest BCUT2D eigenvalue weighted by molar-refractivity contribution is -0.00177. The molecule has 2 fully saturated rings. The number of carbonyl (C=O) groups is 1. The minimum absolute atomic E-state index is 0.198. The molecule has 4 heterocycles. The minimum Gasteiger partial charge on any atom is -0.387 e. The zero-order chi connectivity index (χ0) is 28.3. The van der Waals surface area contributed by atoms with E-state index in [1.54, 1.807) is 10.6 Å². The van der Waals surface area contributed by atoms with Gasteiger partial charge in [0.1, 0.15) is 12.2 Å². The monoisotopic (exact) mass is 548 g/mol. The van der Waals surface area contributed by atoms with Crippen molar-refractivity contribution in [3.05, 3.63) is 47.8 Å². The van der Waals surface area contributed by atoms with Crippen LogP contribution in [-0.2, 0) is 4.74 Å². The van der Waals surface area contributed by atoms with Gasteiger partial charge in [-0.3, -0.25) is 9.78 Å². The number of pyridine rings is 1. The average Bonchev–Trinajstić information content (AvgIpc) is 3.39. The van der Waals surface area contributed by atoms with Crippen LogP contribution in [0.3, 0.4) is 0 Å². The lowest BCUT2D eigenvalue weighted by atomic mass is 9.75. The van der Waals surface area contributed by atoms with Gasteiger partial charge in [0.2, 0.25) is 0 Å². The Kier molecular flexibility index (Phi) is 8.33. The SMILES string of the molecule is CC(C)(O)[C@H](F)CNC(=O)c1cnc(-c2ccc3cc(C#N)cnn23)cc1N[C@H]1CC[C@H](C2CCOCC2)CC1. The number of amides is 1. The summed E-state index contributed by atoms with van der Waals surface area (Å²) in [6, 6.07) is 9.64. The predicted octanol–water partition coefficient (Wildman–Crippen LogP) is 4.50. The summed E-state index contributed by atoms with van der Waals surface area (Å²) in [7, 11) is 0. The maximum Gasteiger partial charge on any atom is 0.255 e. The topological polar surface area (TPSA) is 125 Å². The number of nitriles is 1. The van der Waals surface area contributed by atoms with Crippen LogP contribution in [0.1, 0.15) is 68.3 Å². The summed E-state index contributed by atoms with van der Waals surface area (Å²) >= 11 is 0. The Balaban J connectivity index is 1.38. The summed E-state index contributed by atoms with van der Waals surface area (Å²) in [6.45, 7) is 4.15. The molecule has 0 bridgehead atoms. The van der Waals surface area contributed by atoms with Crippen molar-refractivity contribution in [3.8, 4) is 17.5 Å². The molecule has 2 aliphatic rings. The first kappa shape index (κ1) is 28.0. The first-order chi connectivity index (χ1) is 19.2. The van der Waals surface area contributed by atoms with Gasteiger partial charge in [0.15, 0.2) is 0 Å². The Hall–Kier alpha value is -3.55. The maximum atomic E-state index is 14.4. The molecular formula is C30H37FN6O3. The molecule has 40 heavy (non-hydrogen) atoms. The number of halogens is 1. The van der Waals surface area contributed by atoms with Crippen molar-refractivity contribution in [2.75, 3.05) is 25.1 Å². The molecular weight excluding hydrogens is 511 g/mol. The van der Waals surface area contributed by atoms with Gasteiger partial charge in [0.25, 0.3) is 5.91 Å². The van der Waals surface area contributed by atoms with E-state index in [9.17, 15) is 19.6 Å². The van der Waals surface area contributed by atoms with Crippen LogP contribution in [0.2, 0.25) is 0 Å². The van der Waals surface area contributed by atoms with Crippen LogP contribution in [0.4, 0.5) is 10.1 Å². The fourth-order valence-electron chi connectivity index (χ4n) is 5.82. The smallest absolute Gasteiger partial charge is 0.255 e. The number of aromatic nitrogens is 3. The Morgan fingerprint density at radius 3 is 2.60 bits per heavy atom. The number of alkyl halides is 1. The highest BCUT2D eigenvalue weighted by Crippen LogP contribution is 2.37. The molecule has 3 N–H and O–H groups in total. The number of fused-ring (bicyclic) bond motifs is 1. The number of nitrogens with one attached hydrogen (secondary N) is 2. The zero-order valence-corrected chi connectivity index (χ0v) is 23.1. The van der Waals surface area contributed by atoms with Gasteiger partial charge < -0.3 is 20.5 Å². The van der Waals surface area contributed by atoms with Gasteiger partial charge in [-0.25, -0.2) is 8.91 Å². The van der Waals surface area contributed by atoms with E-state index in [4.69, 9.17) is 4.74 Å². The van der Waals surface area contributed by atoms with Crippen molar-refractivity contribution in [3.63, 3.8) is 0 Å². The predicted molar refractivity (Wildman–Crippen MR) is 150 cm³/mol. The Labute approximate surface area is 233 Å². The molecule has 0 aromatic carbocycles. The molecule has 3 aromatic rings. The number of anilines is 1. The van der Waals surface area contributed by atoms with Crippen molar-refractivity contribution >= 4 is 17.1 Å². The molecule has 1 amide bonds. The number of carbonyl (C=O) groups excluding carboxylic acids is 1. The summed E-state index contributed by atoms with van der Waals surface area (Å²) in [5.41, 5.74) is 1.95. The fraction of sp³-hybridized carbons (Fsp3) is 0.533. The Bertz CT molecular complexity index is 1380. The second-order valence-electron chi connectivity index (χ2n) is 11.6. The van der Waals surface area contributed by atoms with Crippen LogP contribution >= 0.6 is 0 Å². The van der Waals surface area contributed by atoms with E-state index < -0.39 is 17.7 Å². The molecule has 0 spiro atoms. The van der Waals surface area contributed by atoms with E-state index in [1.165, 1.54) is 26.2 Å². The lowest BCUT2D eigenvalue weighted by Crippen LogP contribution is -2.42. The van der Waals surface area contributed by atoms with Gasteiger partial charge >= 0.3 is 0 Å². The molecule has 1 saturated heterocycles. The van der Waals surface area contributed by atoms with Gasteiger partial charge in [-0.2, -0.15) is 10.4 Å². The number of nitrogens with zero attached hydrogens (tertiary/aromatic N) is 4. The van der Waals surface area contributed by atoms with Crippen molar-refractivity contribution in [1.82, 2.24) is 19.9 Å². The number of hydrogen-bond acceptors (Lipinski definition) is 7. The van der Waals surface area contributed by atoms with E-state index in [1.807, 2.05) is 18.2 Å². The first-order valence-electron chi connectivity index (χ1n) is 14.1. The lowest BCUT2D eigenvalue weighted by Gasteiger charge is -2.36. The Morgan fingerprint density at radius 1 is 1.18 bits per heavy atom. The number of ether oxygens (including phenoxy) is 1. The molecule has 5 rings (SSSR count). The molecule has 0 radical (unpaired) electrons. The van der Waals surface area contributed by atoms with Crippen LogP contribution in [0.5, 0.6) is 0 Å². The highest BCUT2D eigenvalue weighted by molar-refractivity contribution is 6.00. The van der Waals surface area contributed by atoms with Crippen LogP contribution in [0.25, 0.3) is 16.9 Å². The third kappa shape index (κ3) is 6.26. The largest absolute Gasteiger partial charge is 0.387 e. The van der Waals surface area contributed by atoms with Crippen LogP contribution in [-0.4, -0.2) is 63.2 Å². The molecule has 9 nitrogen and oxygen atoms in total. The number of aliphatic hydroxyl groups is 1. The number of rotatable bonds is 8. The van der Waals surface area contributed by atoms with Crippen molar-refractivity contribution in [2.24, 2.45) is 11.8 Å². The highest BCUT2D eigenvalue weighted by Gasteiger charge is 2.30. The van der Waals surface area contributed by atoms with E-state index in [-0.39, 0.29) is 12.6 Å². The third-order valence-electron chi connectivity index (χ3n) is 8.31. The second-order valence-corrected chi connectivity index (χ2v) is 11.6. The van der Waals surface area contributed by atoms with E-state index in [2.05, 4.69) is 26.8 Å². The van der Waals surface area contributed by atoms with Crippen molar-refractivity contribution in [2.45, 2.75) is 70.2 Å². The summed E-state index contributed by atoms with van der Waals surface area (Å²) in [5, 5.41) is 29.8. The summed E-state index contributed by atoms with van der Waals surface area (Å²) in [6.07, 6.45) is 7.92. The van der Waals surface area contributed by atoms with Gasteiger partial charge in [-0.05, 0) is 88.5 Å². The second kappa shape index (κ2) is 11.9. The minimum atomic E-state index is -1.61. The van der Waals surface area contributed by atoms with Crippen molar-refractivity contribution < 1.29 is 19.0 Å². The molecule has 1 aliphatic heterocycles. The van der Waals surface area contributed by atoms with E-state index >= 15 is 0 Å². The summed E-state index contributed by atoms with van der Waals surface area (Å²) in [4.78, 5) is 17.7. The van der Waals surface area contributed by atoms with Gasteiger partial charge in [-0.15, -0.1) is 0 Å². The summed E-state index contributed by atoms with van der Waals surface area (Å²) in [5.74, 6) is 0.975. The van der Waals surface area contributed by atoms with E-state index in [0.717, 1.165) is 68.9 Å². The highest BCUT2D eigenvalue weighted by atomic mass is 19.1. The maximum absolute atomic E-state index is 14.4. The molecule has 1 atom stereocenters. The molecule has 0 unspecified atom stereocenters. The van der Waals surface area contributed by atoms with Crippen LogP contribution in [0, 0.1) is 23.2 Å². The molecule has 1 saturated carbocycles. The van der Waals surface area contributed by atoms with Crippen LogP contribution < -0.4 is 10.6 Å². The summed E-state index contributed by atoms with van der Waals surface area (Å²) < 4.78 is 21.6. The van der Waals surface area contributed by atoms with Gasteiger partial charge in [0.05, 0.1) is 52.1 Å². The molecule has 10 heteroatoms. The van der Waals surface area contributed by atoms with Gasteiger partial charge in [-0.1, -0.05) is 0 Å². The third-order valence-corrected chi connectivity index (χ3v) is 8.31. The van der Waals surface area contributed by atoms with Gasteiger partial charge in [0, 0.05) is 25.5 Å². The fourth-order valence-corrected chi connectivity index (χ4v) is 5.82. The van der Waals surface area contributed by atoms with Crippen LogP contribution in [0.15, 0.2) is 36.7 Å².